The molecule has 6 heteroatoms. The first kappa shape index (κ1) is 17.9. The zero-order valence-electron chi connectivity index (χ0n) is 16.3. The molecular formula is C21H33N3O3. The maximum atomic E-state index is 12.5. The summed E-state index contributed by atoms with van der Waals surface area (Å²) >= 11 is 0. The van der Waals surface area contributed by atoms with Crippen molar-refractivity contribution in [3.05, 3.63) is 0 Å². The first-order valence-corrected chi connectivity index (χ1v) is 11.1. The average molecular weight is 376 g/mol. The maximum absolute atomic E-state index is 12.5. The third-order valence-electron chi connectivity index (χ3n) is 7.62. The summed E-state index contributed by atoms with van der Waals surface area (Å²) in [5, 5.41) is 3.20. The lowest BCUT2D eigenvalue weighted by atomic mass is 9.73. The van der Waals surface area contributed by atoms with Gasteiger partial charge in [-0.2, -0.15) is 0 Å². The number of likely N-dealkylation sites (tertiary alicyclic amines) is 2. The van der Waals surface area contributed by atoms with Crippen molar-refractivity contribution in [3.63, 3.8) is 0 Å². The van der Waals surface area contributed by atoms with Crippen LogP contribution in [-0.2, 0) is 14.3 Å². The molecule has 0 unspecified atom stereocenters. The number of nitrogens with zero attached hydrogens (tertiary/aromatic N) is 2. The fourth-order valence-electron chi connectivity index (χ4n) is 6.00. The van der Waals surface area contributed by atoms with Crippen LogP contribution in [0.1, 0.15) is 51.4 Å². The molecule has 0 aromatic carbocycles. The summed E-state index contributed by atoms with van der Waals surface area (Å²) in [5.41, 5.74) is -0.116. The highest BCUT2D eigenvalue weighted by atomic mass is 16.5. The standard InChI is InChI=1S/C21H33N3O3/c25-19(13-23-9-3-1-2-4-10-23)22-11-16-17-12-24(20(26)15-5-6-15)14-21(17)8-7-18(16)27-21/h15-18H,1-14H2,(H,22,25)/t16-,17+,18+,21+/m0/s1. The second-order valence-electron chi connectivity index (χ2n) is 9.52. The zero-order valence-corrected chi connectivity index (χ0v) is 16.3. The van der Waals surface area contributed by atoms with Gasteiger partial charge in [0.15, 0.2) is 0 Å². The van der Waals surface area contributed by atoms with Crippen LogP contribution < -0.4 is 5.32 Å². The van der Waals surface area contributed by atoms with E-state index in [0.29, 0.717) is 30.8 Å². The summed E-state index contributed by atoms with van der Waals surface area (Å²) in [4.78, 5) is 29.4. The summed E-state index contributed by atoms with van der Waals surface area (Å²) in [7, 11) is 0. The lowest BCUT2D eigenvalue weighted by Gasteiger charge is -2.29. The Hall–Kier alpha value is -1.14. The van der Waals surface area contributed by atoms with E-state index in [4.69, 9.17) is 4.74 Å². The van der Waals surface area contributed by atoms with Crippen molar-refractivity contribution < 1.29 is 14.3 Å². The molecule has 5 fully saturated rings. The van der Waals surface area contributed by atoms with E-state index in [1.165, 1.54) is 25.7 Å². The van der Waals surface area contributed by atoms with Crippen LogP contribution in [0.3, 0.4) is 0 Å². The van der Waals surface area contributed by atoms with E-state index >= 15 is 0 Å². The molecular weight excluding hydrogens is 342 g/mol. The van der Waals surface area contributed by atoms with Gasteiger partial charge < -0.3 is 15.0 Å². The number of amides is 2. The van der Waals surface area contributed by atoms with Gasteiger partial charge in [0, 0.05) is 30.8 Å². The highest BCUT2D eigenvalue weighted by Gasteiger charge is 2.63. The number of hydrogen-bond donors (Lipinski definition) is 1. The molecule has 4 aliphatic heterocycles. The topological polar surface area (TPSA) is 61.9 Å². The van der Waals surface area contributed by atoms with E-state index in [1.807, 2.05) is 0 Å². The van der Waals surface area contributed by atoms with Crippen molar-refractivity contribution in [1.29, 1.82) is 0 Å². The molecule has 1 aliphatic carbocycles. The van der Waals surface area contributed by atoms with Crippen LogP contribution in [-0.4, -0.2) is 72.6 Å². The highest BCUT2D eigenvalue weighted by molar-refractivity contribution is 5.81. The number of ether oxygens (including phenoxy) is 1. The summed E-state index contributed by atoms with van der Waals surface area (Å²) in [6.45, 7) is 4.94. The number of nitrogens with one attached hydrogen (secondary N) is 1. The van der Waals surface area contributed by atoms with Crippen LogP contribution in [0.15, 0.2) is 0 Å². The van der Waals surface area contributed by atoms with Gasteiger partial charge >= 0.3 is 0 Å². The molecule has 0 aromatic rings. The van der Waals surface area contributed by atoms with E-state index in [2.05, 4.69) is 15.1 Å². The van der Waals surface area contributed by atoms with Crippen molar-refractivity contribution in [1.82, 2.24) is 15.1 Å². The molecule has 4 atom stereocenters. The van der Waals surface area contributed by atoms with Gasteiger partial charge in [-0.1, -0.05) is 12.8 Å². The Balaban J connectivity index is 1.16. The molecule has 0 radical (unpaired) electrons. The van der Waals surface area contributed by atoms with Gasteiger partial charge in [0.25, 0.3) is 0 Å². The number of hydrogen-bond acceptors (Lipinski definition) is 4. The molecule has 4 saturated heterocycles. The first-order chi connectivity index (χ1) is 13.1. The first-order valence-electron chi connectivity index (χ1n) is 11.1. The second-order valence-corrected chi connectivity index (χ2v) is 9.52. The van der Waals surface area contributed by atoms with Crippen molar-refractivity contribution in [2.45, 2.75) is 63.1 Å². The number of carbonyl (C=O) groups excluding carboxylic acids is 2. The van der Waals surface area contributed by atoms with Gasteiger partial charge in [0.1, 0.15) is 0 Å². The molecule has 4 heterocycles. The molecule has 6 nitrogen and oxygen atoms in total. The maximum Gasteiger partial charge on any atom is 0.234 e. The Morgan fingerprint density at radius 1 is 1.07 bits per heavy atom. The van der Waals surface area contributed by atoms with Crippen LogP contribution in [0, 0.1) is 17.8 Å². The minimum atomic E-state index is -0.116. The molecule has 0 aromatic heterocycles. The van der Waals surface area contributed by atoms with E-state index in [9.17, 15) is 9.59 Å². The van der Waals surface area contributed by atoms with Crippen LogP contribution >= 0.6 is 0 Å². The van der Waals surface area contributed by atoms with Gasteiger partial charge in [-0.3, -0.25) is 14.5 Å². The smallest absolute Gasteiger partial charge is 0.234 e. The number of rotatable bonds is 5. The van der Waals surface area contributed by atoms with Crippen LogP contribution in [0.25, 0.3) is 0 Å². The lowest BCUT2D eigenvalue weighted by Crippen LogP contribution is -2.44. The summed E-state index contributed by atoms with van der Waals surface area (Å²) in [6.07, 6.45) is 9.55. The minimum absolute atomic E-state index is 0.116. The fourth-order valence-corrected chi connectivity index (χ4v) is 6.00. The molecule has 2 amide bonds. The van der Waals surface area contributed by atoms with E-state index < -0.39 is 0 Å². The van der Waals surface area contributed by atoms with E-state index in [-0.39, 0.29) is 23.5 Å². The Labute approximate surface area is 162 Å². The second kappa shape index (κ2) is 7.03. The Bertz CT molecular complexity index is 599. The van der Waals surface area contributed by atoms with Gasteiger partial charge in [-0.25, -0.2) is 0 Å². The predicted octanol–water partition coefficient (Wildman–Crippen LogP) is 1.39. The van der Waals surface area contributed by atoms with Crippen molar-refractivity contribution in [2.24, 2.45) is 17.8 Å². The quantitative estimate of drug-likeness (QED) is 0.789. The van der Waals surface area contributed by atoms with Crippen LogP contribution in [0.5, 0.6) is 0 Å². The predicted molar refractivity (Wildman–Crippen MR) is 101 cm³/mol. The molecule has 2 bridgehead atoms. The number of carbonyl (C=O) groups is 2. The van der Waals surface area contributed by atoms with Crippen LogP contribution in [0.4, 0.5) is 0 Å². The van der Waals surface area contributed by atoms with Crippen molar-refractivity contribution in [3.8, 4) is 0 Å². The van der Waals surface area contributed by atoms with Gasteiger partial charge in [-0.15, -0.1) is 0 Å². The SMILES string of the molecule is O=C(CN1CCCCCC1)NC[C@H]1[C@H]2CN(C(=O)C3CC3)C[C@]23CC[C@H]1O3. The molecule has 5 aliphatic rings. The van der Waals surface area contributed by atoms with Crippen molar-refractivity contribution >= 4 is 11.8 Å². The third-order valence-corrected chi connectivity index (χ3v) is 7.62. The normalized spacial score (nSPS) is 38.7. The zero-order chi connectivity index (χ0) is 18.4. The van der Waals surface area contributed by atoms with E-state index in [0.717, 1.165) is 51.9 Å². The summed E-state index contributed by atoms with van der Waals surface area (Å²) < 4.78 is 6.42. The molecule has 5 rings (SSSR count). The third kappa shape index (κ3) is 3.39. The largest absolute Gasteiger partial charge is 0.369 e. The molecule has 1 spiro atoms. The highest BCUT2D eigenvalue weighted by Crippen LogP contribution is 2.55. The summed E-state index contributed by atoms with van der Waals surface area (Å²) in [6, 6.07) is 0. The molecule has 27 heavy (non-hydrogen) atoms. The lowest BCUT2D eigenvalue weighted by molar-refractivity contribution is -0.133. The van der Waals surface area contributed by atoms with E-state index in [1.54, 1.807) is 0 Å². The molecule has 1 N–H and O–H groups in total. The fraction of sp³-hybridized carbons (Fsp3) is 0.905. The Kier molecular flexibility index (Phi) is 4.67. The van der Waals surface area contributed by atoms with Crippen molar-refractivity contribution in [2.75, 3.05) is 39.3 Å². The molecule has 1 saturated carbocycles. The van der Waals surface area contributed by atoms with Gasteiger partial charge in [0.05, 0.1) is 24.8 Å². The van der Waals surface area contributed by atoms with Gasteiger partial charge in [0.2, 0.25) is 11.8 Å². The Morgan fingerprint density at radius 2 is 1.85 bits per heavy atom. The Morgan fingerprint density at radius 3 is 2.59 bits per heavy atom. The molecule has 150 valence electrons. The monoisotopic (exact) mass is 375 g/mol. The van der Waals surface area contributed by atoms with Crippen LogP contribution in [0.2, 0.25) is 0 Å². The minimum Gasteiger partial charge on any atom is -0.369 e. The van der Waals surface area contributed by atoms with Gasteiger partial charge in [-0.05, 0) is 51.6 Å². The average Bonchev–Trinajstić information content (AvgIpc) is 3.32. The number of fused-ring (bicyclic) bond motifs is 1. The summed E-state index contributed by atoms with van der Waals surface area (Å²) in [5.74, 6) is 1.54.